The monoisotopic (exact) mass is 1150 g/mol. The summed E-state index contributed by atoms with van der Waals surface area (Å²) in [7, 11) is 19.9. The highest BCUT2D eigenvalue weighted by atomic mass is 16.7. The van der Waals surface area contributed by atoms with E-state index in [9.17, 15) is 24.0 Å². The minimum Gasteiger partial charge on any atom is -0.493 e. The van der Waals surface area contributed by atoms with Crippen LogP contribution in [0.15, 0.2) is 60.7 Å². The molecule has 1 fully saturated rings. The number of hydrogen-bond acceptors (Lipinski definition) is 26. The first-order valence-electron chi connectivity index (χ1n) is 24.2. The summed E-state index contributed by atoms with van der Waals surface area (Å²) in [5.74, 6) is -5.00. The van der Waals surface area contributed by atoms with Crippen LogP contribution in [-0.4, -0.2) is 174 Å². The molecule has 0 saturated carbocycles. The van der Waals surface area contributed by atoms with Crippen LogP contribution in [0.25, 0.3) is 0 Å². The standard InChI is InChI=1S/C56H62O26/c1-62-32-16-27(17-33(63-2)43(32)72-11)51(57)77-26-42-48(79-52(58)28-18-34(64-3)44(73-12)35(19-28)65-4)49(80-53(59)29-20-36(66-5)45(74-13)37(21-29)67-6)50(81-54(60)30-22-38(68-7)46(75-14)39(23-30)69-8)56(78-42)82-55(61)31-24-40(70-9)47(76-15)41(25-31)71-10/h16-25,42,48-50,56H,26H2,1-15H3/t42-,48-,49+,50-,56?/m1/s1. The first-order valence-corrected chi connectivity index (χ1v) is 24.2. The Morgan fingerprint density at radius 1 is 0.293 bits per heavy atom. The van der Waals surface area contributed by atoms with E-state index >= 15 is 0 Å². The highest BCUT2D eigenvalue weighted by Gasteiger charge is 2.55. The summed E-state index contributed by atoms with van der Waals surface area (Å²) >= 11 is 0. The third-order valence-electron chi connectivity index (χ3n) is 12.4. The highest BCUT2D eigenvalue weighted by molar-refractivity contribution is 5.95. The number of benzene rings is 5. The van der Waals surface area contributed by atoms with E-state index in [-0.39, 0.29) is 114 Å². The average Bonchev–Trinajstić information content (AvgIpc) is 3.61. The van der Waals surface area contributed by atoms with Gasteiger partial charge in [-0.2, -0.15) is 0 Å². The molecule has 5 atom stereocenters. The van der Waals surface area contributed by atoms with Gasteiger partial charge in [-0.3, -0.25) is 0 Å². The van der Waals surface area contributed by atoms with Crippen LogP contribution in [0, 0.1) is 0 Å². The summed E-state index contributed by atoms with van der Waals surface area (Å²) in [6, 6.07) is 12.6. The van der Waals surface area contributed by atoms with Crippen LogP contribution in [0.3, 0.4) is 0 Å². The Kier molecular flexibility index (Phi) is 21.1. The highest BCUT2D eigenvalue weighted by Crippen LogP contribution is 2.44. The van der Waals surface area contributed by atoms with Crippen LogP contribution in [0.5, 0.6) is 86.2 Å². The number of carbonyl (C=O) groups is 5. The minimum atomic E-state index is -2.18. The van der Waals surface area contributed by atoms with Crippen molar-refractivity contribution in [3.05, 3.63) is 88.5 Å². The Morgan fingerprint density at radius 3 is 0.756 bits per heavy atom. The molecule has 0 bridgehead atoms. The molecule has 0 aromatic heterocycles. The van der Waals surface area contributed by atoms with Gasteiger partial charge >= 0.3 is 29.8 Å². The number of hydrogen-bond donors (Lipinski definition) is 0. The van der Waals surface area contributed by atoms with Gasteiger partial charge in [-0.15, -0.1) is 0 Å². The van der Waals surface area contributed by atoms with Crippen molar-refractivity contribution in [3.63, 3.8) is 0 Å². The van der Waals surface area contributed by atoms with Crippen molar-refractivity contribution in [2.45, 2.75) is 30.7 Å². The van der Waals surface area contributed by atoms with Crippen molar-refractivity contribution in [2.24, 2.45) is 0 Å². The van der Waals surface area contributed by atoms with E-state index in [4.69, 9.17) is 99.5 Å². The van der Waals surface area contributed by atoms with Crippen molar-refractivity contribution >= 4 is 29.8 Å². The van der Waals surface area contributed by atoms with E-state index in [0.29, 0.717) is 0 Å². The second-order valence-corrected chi connectivity index (χ2v) is 16.7. The molecule has 1 aliphatic heterocycles. The topological polar surface area (TPSA) is 279 Å². The third kappa shape index (κ3) is 13.0. The van der Waals surface area contributed by atoms with Crippen LogP contribution in [0.4, 0.5) is 0 Å². The van der Waals surface area contributed by atoms with E-state index in [1.54, 1.807) is 0 Å². The molecule has 1 aliphatic rings. The zero-order valence-electron chi connectivity index (χ0n) is 47.5. The number of esters is 5. The lowest BCUT2D eigenvalue weighted by Crippen LogP contribution is -2.63. The van der Waals surface area contributed by atoms with Crippen molar-refractivity contribution in [1.29, 1.82) is 0 Å². The van der Waals surface area contributed by atoms with Gasteiger partial charge in [0.25, 0.3) is 0 Å². The molecule has 5 aromatic carbocycles. The largest absolute Gasteiger partial charge is 0.493 e. The molecule has 0 radical (unpaired) electrons. The molecule has 0 N–H and O–H groups in total. The quantitative estimate of drug-likeness (QED) is 0.0438. The van der Waals surface area contributed by atoms with Gasteiger partial charge in [0.05, 0.1) is 134 Å². The van der Waals surface area contributed by atoms with Crippen LogP contribution in [0.1, 0.15) is 51.8 Å². The van der Waals surface area contributed by atoms with Crippen LogP contribution >= 0.6 is 0 Å². The molecule has 0 spiro atoms. The molecule has 1 heterocycles. The Balaban J connectivity index is 1.62. The predicted octanol–water partition coefficient (Wildman–Crippen LogP) is 6.23. The molecule has 442 valence electrons. The van der Waals surface area contributed by atoms with Crippen molar-refractivity contribution in [1.82, 2.24) is 0 Å². The van der Waals surface area contributed by atoms with E-state index in [1.165, 1.54) is 167 Å². The van der Waals surface area contributed by atoms with Crippen LogP contribution < -0.4 is 71.1 Å². The summed E-state index contributed by atoms with van der Waals surface area (Å²) in [6.45, 7) is -0.896. The number of methoxy groups -OCH3 is 15. The molecule has 26 heteroatoms. The summed E-state index contributed by atoms with van der Waals surface area (Å²) < 4.78 is 120. The van der Waals surface area contributed by atoms with Gasteiger partial charge in [-0.25, -0.2) is 24.0 Å². The number of rotatable bonds is 26. The van der Waals surface area contributed by atoms with Gasteiger partial charge in [-0.05, 0) is 60.7 Å². The Morgan fingerprint density at radius 2 is 0.512 bits per heavy atom. The van der Waals surface area contributed by atoms with Gasteiger partial charge in [-0.1, -0.05) is 0 Å². The van der Waals surface area contributed by atoms with E-state index < -0.39 is 67.2 Å². The van der Waals surface area contributed by atoms with Gasteiger partial charge in [0, 0.05) is 0 Å². The Bertz CT molecular complexity index is 2990. The summed E-state index contributed by atoms with van der Waals surface area (Å²) in [5, 5.41) is 0. The fraction of sp³-hybridized carbons (Fsp3) is 0.375. The molecule has 6 rings (SSSR count). The lowest BCUT2D eigenvalue weighted by atomic mass is 9.97. The minimum absolute atomic E-state index is 0.00488. The molecule has 82 heavy (non-hydrogen) atoms. The van der Waals surface area contributed by atoms with E-state index in [2.05, 4.69) is 0 Å². The zero-order valence-corrected chi connectivity index (χ0v) is 47.5. The Labute approximate surface area is 470 Å². The third-order valence-corrected chi connectivity index (χ3v) is 12.4. The number of carbonyl (C=O) groups excluding carboxylic acids is 5. The first kappa shape index (κ1) is 61.6. The van der Waals surface area contributed by atoms with E-state index in [0.717, 1.165) is 0 Å². The normalized spacial score (nSPS) is 16.1. The first-order chi connectivity index (χ1) is 39.5. The molecule has 0 aliphatic carbocycles. The fourth-order valence-corrected chi connectivity index (χ4v) is 8.49. The molecule has 1 unspecified atom stereocenters. The molecule has 26 nitrogen and oxygen atoms in total. The summed E-state index contributed by atoms with van der Waals surface area (Å²) in [4.78, 5) is 73.5. The van der Waals surface area contributed by atoms with Crippen LogP contribution in [-0.2, 0) is 28.4 Å². The maximum atomic E-state index is 15.0. The average molecular weight is 1150 g/mol. The van der Waals surface area contributed by atoms with E-state index in [1.807, 2.05) is 0 Å². The predicted molar refractivity (Wildman–Crippen MR) is 282 cm³/mol. The van der Waals surface area contributed by atoms with Gasteiger partial charge in [0.15, 0.2) is 69.7 Å². The number of ether oxygens (including phenoxy) is 21. The molecular formula is C56H62O26. The van der Waals surface area contributed by atoms with Crippen molar-refractivity contribution in [3.8, 4) is 86.2 Å². The van der Waals surface area contributed by atoms with Crippen LogP contribution in [0.2, 0.25) is 0 Å². The van der Waals surface area contributed by atoms with Gasteiger partial charge in [0.1, 0.15) is 12.7 Å². The maximum Gasteiger partial charge on any atom is 0.340 e. The second kappa shape index (κ2) is 28.0. The van der Waals surface area contributed by atoms with Gasteiger partial charge in [0.2, 0.25) is 41.1 Å². The lowest BCUT2D eigenvalue weighted by Gasteiger charge is -2.44. The summed E-state index contributed by atoms with van der Waals surface area (Å²) in [6.07, 6.45) is -10.3. The Hall–Kier alpha value is -9.59. The maximum absolute atomic E-state index is 15.0. The zero-order chi connectivity index (χ0) is 59.9. The second-order valence-electron chi connectivity index (χ2n) is 16.7. The lowest BCUT2D eigenvalue weighted by molar-refractivity contribution is -0.282. The van der Waals surface area contributed by atoms with Crippen molar-refractivity contribution < 1.29 is 123 Å². The van der Waals surface area contributed by atoms with Gasteiger partial charge < -0.3 is 99.5 Å². The molecule has 1 saturated heterocycles. The SMILES string of the molecule is COc1cc(C(=O)OC[C@H]2OC(OC(=O)c3cc(OC)c(OC)c(OC)c3)[C@H](OC(=O)c3cc(OC)c(OC)c(OC)c3)[C@@H](OC(=O)c3cc(OC)c(OC)c(OC)c3)[C@@H]2OC(=O)c2cc(OC)c(OC)c(OC)c2)cc(OC)c1OC. The summed E-state index contributed by atoms with van der Waals surface area (Å²) in [5.41, 5.74) is -1.13. The van der Waals surface area contributed by atoms with Crippen molar-refractivity contribution in [2.75, 3.05) is 113 Å². The fourth-order valence-electron chi connectivity index (χ4n) is 8.49. The smallest absolute Gasteiger partial charge is 0.340 e. The molecule has 5 aromatic rings. The molecular weight excluding hydrogens is 1090 g/mol. The molecule has 0 amide bonds.